The van der Waals surface area contributed by atoms with E-state index in [2.05, 4.69) is 10.3 Å². The molecule has 25 heavy (non-hydrogen) atoms. The first-order valence-electron chi connectivity index (χ1n) is 8.08. The summed E-state index contributed by atoms with van der Waals surface area (Å²) in [5.41, 5.74) is 0.959. The average molecular weight is 372 g/mol. The summed E-state index contributed by atoms with van der Waals surface area (Å²) >= 11 is 2.98. The van der Waals surface area contributed by atoms with Crippen LogP contribution in [0, 0.1) is 5.92 Å². The van der Waals surface area contributed by atoms with Crippen LogP contribution in [-0.4, -0.2) is 30.0 Å². The van der Waals surface area contributed by atoms with Crippen LogP contribution in [0.5, 0.6) is 0 Å². The van der Waals surface area contributed by atoms with Gasteiger partial charge in [0.2, 0.25) is 0 Å². The number of carbonyl (C=O) groups is 2. The van der Waals surface area contributed by atoms with E-state index in [1.807, 2.05) is 30.3 Å². The van der Waals surface area contributed by atoms with Gasteiger partial charge in [0.15, 0.2) is 0 Å². The molecule has 0 spiro atoms. The molecule has 1 aliphatic rings. The van der Waals surface area contributed by atoms with Crippen molar-refractivity contribution >= 4 is 44.8 Å². The van der Waals surface area contributed by atoms with E-state index in [9.17, 15) is 9.59 Å². The van der Waals surface area contributed by atoms with Crippen molar-refractivity contribution in [3.05, 3.63) is 41.3 Å². The van der Waals surface area contributed by atoms with Crippen molar-refractivity contribution in [3.8, 4) is 9.88 Å². The smallest absolute Gasteiger partial charge is 0.325 e. The number of thiazole rings is 1. The zero-order valence-electron chi connectivity index (χ0n) is 13.4. The number of aromatic nitrogens is 1. The Bertz CT molecular complexity index is 894. The molecule has 128 valence electrons. The molecule has 0 saturated heterocycles. The van der Waals surface area contributed by atoms with Crippen LogP contribution in [0.3, 0.4) is 0 Å². The van der Waals surface area contributed by atoms with Gasteiger partial charge in [-0.3, -0.25) is 9.59 Å². The first-order valence-corrected chi connectivity index (χ1v) is 9.72. The third-order valence-electron chi connectivity index (χ3n) is 3.90. The van der Waals surface area contributed by atoms with Gasteiger partial charge in [-0.15, -0.1) is 22.7 Å². The second kappa shape index (κ2) is 6.93. The van der Waals surface area contributed by atoms with Gasteiger partial charge in [-0.05, 0) is 43.0 Å². The van der Waals surface area contributed by atoms with Crippen LogP contribution in [0.2, 0.25) is 0 Å². The number of hydrogen-bond donors (Lipinski definition) is 1. The van der Waals surface area contributed by atoms with Gasteiger partial charge in [-0.1, -0.05) is 12.1 Å². The van der Waals surface area contributed by atoms with Gasteiger partial charge in [-0.25, -0.2) is 4.98 Å². The van der Waals surface area contributed by atoms with E-state index >= 15 is 0 Å². The van der Waals surface area contributed by atoms with E-state index < -0.39 is 0 Å². The number of ether oxygens (including phenoxy) is 1. The number of esters is 1. The number of thiophene rings is 1. The molecule has 3 aromatic rings. The number of hydrogen-bond acceptors (Lipinski definition) is 6. The lowest BCUT2D eigenvalue weighted by Gasteiger charge is -2.04. The summed E-state index contributed by atoms with van der Waals surface area (Å²) in [6.45, 7) is 0.370. The van der Waals surface area contributed by atoms with Crippen LogP contribution in [0.25, 0.3) is 20.1 Å². The molecule has 0 radical (unpaired) electrons. The van der Waals surface area contributed by atoms with Crippen LogP contribution in [0.15, 0.2) is 36.4 Å². The number of nitrogens with one attached hydrogen (secondary N) is 1. The summed E-state index contributed by atoms with van der Waals surface area (Å²) in [4.78, 5) is 29.9. The lowest BCUT2D eigenvalue weighted by atomic mass is 10.3. The summed E-state index contributed by atoms with van der Waals surface area (Å²) in [5, 5.41) is 3.51. The van der Waals surface area contributed by atoms with Crippen LogP contribution in [0.4, 0.5) is 0 Å². The molecule has 2 aromatic heterocycles. The third kappa shape index (κ3) is 3.88. The number of rotatable bonds is 6. The Morgan fingerprint density at radius 1 is 1.16 bits per heavy atom. The van der Waals surface area contributed by atoms with Crippen molar-refractivity contribution in [3.63, 3.8) is 0 Å². The van der Waals surface area contributed by atoms with Crippen LogP contribution in [-0.2, 0) is 9.53 Å². The van der Waals surface area contributed by atoms with E-state index in [0.717, 1.165) is 32.9 Å². The van der Waals surface area contributed by atoms with E-state index in [1.165, 1.54) is 11.3 Å². The minimum absolute atomic E-state index is 0.0973. The molecule has 1 fully saturated rings. The minimum Gasteiger partial charge on any atom is -0.464 e. The largest absolute Gasteiger partial charge is 0.464 e. The number of benzene rings is 1. The Hall–Kier alpha value is -2.25. The fourth-order valence-corrected chi connectivity index (χ4v) is 4.28. The lowest BCUT2D eigenvalue weighted by molar-refractivity contribution is -0.142. The zero-order valence-corrected chi connectivity index (χ0v) is 15.0. The molecule has 0 atom stereocenters. The highest BCUT2D eigenvalue weighted by Gasteiger charge is 2.23. The van der Waals surface area contributed by atoms with Crippen molar-refractivity contribution in [2.24, 2.45) is 5.92 Å². The summed E-state index contributed by atoms with van der Waals surface area (Å²) in [6, 6.07) is 11.6. The fraction of sp³-hybridized carbons (Fsp3) is 0.278. The van der Waals surface area contributed by atoms with Gasteiger partial charge >= 0.3 is 5.97 Å². The molecule has 7 heteroatoms. The number of fused-ring (bicyclic) bond motifs is 1. The predicted molar refractivity (Wildman–Crippen MR) is 98.9 cm³/mol. The fourth-order valence-electron chi connectivity index (χ4n) is 2.34. The highest BCUT2D eigenvalue weighted by atomic mass is 32.1. The molecule has 1 aromatic carbocycles. The Balaban J connectivity index is 1.38. The second-order valence-electron chi connectivity index (χ2n) is 5.96. The lowest BCUT2D eigenvalue weighted by Crippen LogP contribution is -2.30. The Labute approximate surface area is 152 Å². The number of amides is 1. The Morgan fingerprint density at radius 2 is 2.00 bits per heavy atom. The highest BCUT2D eigenvalue weighted by Crippen LogP contribution is 2.34. The topological polar surface area (TPSA) is 68.3 Å². The van der Waals surface area contributed by atoms with Gasteiger partial charge in [0.25, 0.3) is 5.91 Å². The standard InChI is InChI=1S/C18H16N2O3S2/c21-16(23-10-11-5-6-11)9-19-17(22)14-7-8-15(24-14)18-20-12-3-1-2-4-13(12)25-18/h1-4,7-8,11H,5-6,9-10H2,(H,19,22). The van der Waals surface area contributed by atoms with Crippen LogP contribution < -0.4 is 5.32 Å². The molecule has 1 saturated carbocycles. The quantitative estimate of drug-likeness (QED) is 0.670. The maximum absolute atomic E-state index is 12.2. The van der Waals surface area contributed by atoms with E-state index in [-0.39, 0.29) is 18.4 Å². The van der Waals surface area contributed by atoms with Crippen molar-refractivity contribution in [2.75, 3.05) is 13.2 Å². The van der Waals surface area contributed by atoms with Gasteiger partial charge in [0, 0.05) is 0 Å². The molecule has 0 aliphatic heterocycles. The molecule has 5 nitrogen and oxygen atoms in total. The van der Waals surface area contributed by atoms with Crippen molar-refractivity contribution in [1.29, 1.82) is 0 Å². The van der Waals surface area contributed by atoms with E-state index in [1.54, 1.807) is 17.4 Å². The van der Waals surface area contributed by atoms with Gasteiger partial charge in [-0.2, -0.15) is 0 Å². The van der Waals surface area contributed by atoms with Crippen molar-refractivity contribution in [1.82, 2.24) is 10.3 Å². The zero-order chi connectivity index (χ0) is 17.2. The highest BCUT2D eigenvalue weighted by molar-refractivity contribution is 7.26. The summed E-state index contributed by atoms with van der Waals surface area (Å²) in [6.07, 6.45) is 2.26. The number of para-hydroxylation sites is 1. The molecule has 1 N–H and O–H groups in total. The van der Waals surface area contributed by atoms with Crippen LogP contribution in [0.1, 0.15) is 22.5 Å². The molecule has 2 heterocycles. The minimum atomic E-state index is -0.386. The average Bonchev–Trinajstić information content (AvgIpc) is 3.15. The monoisotopic (exact) mass is 372 g/mol. The second-order valence-corrected chi connectivity index (χ2v) is 8.07. The molecular weight excluding hydrogens is 356 g/mol. The summed E-state index contributed by atoms with van der Waals surface area (Å²) in [5.74, 6) is -0.128. The van der Waals surface area contributed by atoms with E-state index in [0.29, 0.717) is 17.4 Å². The Kier molecular flexibility index (Phi) is 4.50. The first kappa shape index (κ1) is 16.2. The third-order valence-corrected chi connectivity index (χ3v) is 6.19. The molecular formula is C18H16N2O3S2. The molecule has 0 unspecified atom stereocenters. The first-order chi connectivity index (χ1) is 12.2. The van der Waals surface area contributed by atoms with Crippen molar-refractivity contribution < 1.29 is 14.3 Å². The van der Waals surface area contributed by atoms with Gasteiger partial charge in [0.1, 0.15) is 11.6 Å². The predicted octanol–water partition coefficient (Wildman–Crippen LogP) is 3.71. The van der Waals surface area contributed by atoms with E-state index in [4.69, 9.17) is 4.74 Å². The molecule has 0 bridgehead atoms. The summed E-state index contributed by atoms with van der Waals surface area (Å²) < 4.78 is 6.22. The molecule has 1 amide bonds. The number of nitrogens with zero attached hydrogens (tertiary/aromatic N) is 1. The van der Waals surface area contributed by atoms with Crippen molar-refractivity contribution in [2.45, 2.75) is 12.8 Å². The molecule has 1 aliphatic carbocycles. The maximum atomic E-state index is 12.2. The SMILES string of the molecule is O=C(CNC(=O)c1ccc(-c2nc3ccccc3s2)s1)OCC1CC1. The summed E-state index contributed by atoms with van der Waals surface area (Å²) in [7, 11) is 0. The Morgan fingerprint density at radius 3 is 2.80 bits per heavy atom. The maximum Gasteiger partial charge on any atom is 0.325 e. The normalized spacial score (nSPS) is 13.8. The number of carbonyl (C=O) groups excluding carboxylic acids is 2. The van der Waals surface area contributed by atoms with Gasteiger partial charge < -0.3 is 10.1 Å². The van der Waals surface area contributed by atoms with Gasteiger partial charge in [0.05, 0.1) is 26.6 Å². The van der Waals surface area contributed by atoms with Crippen LogP contribution >= 0.6 is 22.7 Å². The molecule has 4 rings (SSSR count).